The Morgan fingerprint density at radius 3 is 3.10 bits per heavy atom. The summed E-state index contributed by atoms with van der Waals surface area (Å²) in [4.78, 5) is 12.2. The molecule has 0 aliphatic carbocycles. The van der Waals surface area contributed by atoms with Crippen molar-refractivity contribution in [2.24, 2.45) is 0 Å². The van der Waals surface area contributed by atoms with E-state index in [2.05, 4.69) is 10.6 Å². The molecule has 5 nitrogen and oxygen atoms in total. The second-order valence-corrected chi connectivity index (χ2v) is 4.84. The molecular weight excluding hydrogens is 256 g/mol. The Hall–Kier alpha value is -1.59. The minimum atomic E-state index is -0.0641. The molecule has 2 rings (SSSR count). The number of carbonyl (C=O) groups is 1. The van der Waals surface area contributed by atoms with Gasteiger partial charge in [0.15, 0.2) is 0 Å². The number of carbonyl (C=O) groups excluding carboxylic acids is 1. The summed E-state index contributed by atoms with van der Waals surface area (Å²) >= 11 is 0. The Bertz CT molecular complexity index is 437. The monoisotopic (exact) mass is 278 g/mol. The van der Waals surface area contributed by atoms with Crippen LogP contribution < -0.4 is 10.6 Å². The third-order valence-electron chi connectivity index (χ3n) is 3.40. The van der Waals surface area contributed by atoms with E-state index in [4.69, 9.17) is 9.84 Å². The molecule has 1 amide bonds. The van der Waals surface area contributed by atoms with Crippen LogP contribution in [0.15, 0.2) is 24.3 Å². The predicted octanol–water partition coefficient (Wildman–Crippen LogP) is 1.10. The molecule has 110 valence electrons. The summed E-state index contributed by atoms with van der Waals surface area (Å²) in [6, 6.07) is 7.97. The van der Waals surface area contributed by atoms with Gasteiger partial charge in [0.25, 0.3) is 0 Å². The molecule has 0 saturated heterocycles. The maximum atomic E-state index is 12.2. The third kappa shape index (κ3) is 3.95. The molecule has 0 spiro atoms. The molecule has 0 aromatic heterocycles. The van der Waals surface area contributed by atoms with E-state index in [-0.39, 0.29) is 18.4 Å². The molecule has 5 heteroatoms. The van der Waals surface area contributed by atoms with Crippen molar-refractivity contribution in [3.63, 3.8) is 0 Å². The summed E-state index contributed by atoms with van der Waals surface area (Å²) in [6.45, 7) is 2.39. The van der Waals surface area contributed by atoms with E-state index < -0.39 is 0 Å². The molecular formula is C15H22N2O3. The Balaban J connectivity index is 1.79. The molecule has 1 atom stereocenters. The van der Waals surface area contributed by atoms with Crippen molar-refractivity contribution in [3.8, 4) is 0 Å². The van der Waals surface area contributed by atoms with Crippen LogP contribution in [0.5, 0.6) is 0 Å². The van der Waals surface area contributed by atoms with Gasteiger partial charge in [-0.2, -0.15) is 0 Å². The molecule has 0 bridgehead atoms. The number of ether oxygens (including phenoxy) is 1. The van der Waals surface area contributed by atoms with Crippen LogP contribution in [-0.4, -0.2) is 43.9 Å². The summed E-state index contributed by atoms with van der Waals surface area (Å²) in [5.74, 6) is 0.0203. The van der Waals surface area contributed by atoms with Gasteiger partial charge >= 0.3 is 0 Å². The average molecular weight is 278 g/mol. The number of rotatable bonds is 7. The van der Waals surface area contributed by atoms with Crippen molar-refractivity contribution in [1.82, 2.24) is 5.32 Å². The predicted molar refractivity (Wildman–Crippen MR) is 77.8 cm³/mol. The highest BCUT2D eigenvalue weighted by atomic mass is 16.5. The first-order chi connectivity index (χ1) is 9.83. The van der Waals surface area contributed by atoms with Gasteiger partial charge in [-0.1, -0.05) is 18.2 Å². The Labute approximate surface area is 119 Å². The van der Waals surface area contributed by atoms with Crippen LogP contribution in [0.25, 0.3) is 0 Å². The van der Waals surface area contributed by atoms with Crippen molar-refractivity contribution in [2.45, 2.75) is 18.8 Å². The number of aliphatic hydroxyl groups excluding tert-OH is 1. The van der Waals surface area contributed by atoms with Gasteiger partial charge < -0.3 is 20.5 Å². The van der Waals surface area contributed by atoms with E-state index in [9.17, 15) is 4.79 Å². The van der Waals surface area contributed by atoms with E-state index in [0.29, 0.717) is 19.8 Å². The summed E-state index contributed by atoms with van der Waals surface area (Å²) < 4.78 is 5.16. The first-order valence-corrected chi connectivity index (χ1v) is 7.12. The topological polar surface area (TPSA) is 70.6 Å². The standard InChI is InChI=1S/C15H22N2O3/c18-9-11-20-10-3-7-17-15(19)13-6-8-16-14-5-2-1-4-12(13)14/h1-2,4-5,13,16,18H,3,6-11H2,(H,17,19). The number of para-hydroxylation sites is 1. The minimum Gasteiger partial charge on any atom is -0.394 e. The van der Waals surface area contributed by atoms with Crippen molar-refractivity contribution in [1.29, 1.82) is 0 Å². The quantitative estimate of drug-likeness (QED) is 0.653. The molecule has 1 aliphatic heterocycles. The lowest BCUT2D eigenvalue weighted by Gasteiger charge is -2.25. The molecule has 1 unspecified atom stereocenters. The fraction of sp³-hybridized carbons (Fsp3) is 0.533. The number of hydrogen-bond donors (Lipinski definition) is 3. The first kappa shape index (κ1) is 14.8. The highest BCUT2D eigenvalue weighted by Crippen LogP contribution is 2.31. The molecule has 1 aliphatic rings. The average Bonchev–Trinajstić information content (AvgIpc) is 2.50. The van der Waals surface area contributed by atoms with Crippen LogP contribution in [-0.2, 0) is 9.53 Å². The Morgan fingerprint density at radius 2 is 2.25 bits per heavy atom. The van der Waals surface area contributed by atoms with Crippen molar-refractivity contribution < 1.29 is 14.6 Å². The van der Waals surface area contributed by atoms with Crippen LogP contribution in [0, 0.1) is 0 Å². The number of benzene rings is 1. The largest absolute Gasteiger partial charge is 0.394 e. The van der Waals surface area contributed by atoms with Gasteiger partial charge in [-0.15, -0.1) is 0 Å². The number of fused-ring (bicyclic) bond motifs is 1. The van der Waals surface area contributed by atoms with Crippen molar-refractivity contribution >= 4 is 11.6 Å². The minimum absolute atomic E-state index is 0.0399. The molecule has 0 fully saturated rings. The van der Waals surface area contributed by atoms with Crippen LogP contribution in [0.4, 0.5) is 5.69 Å². The van der Waals surface area contributed by atoms with E-state index in [0.717, 1.165) is 30.6 Å². The number of aliphatic hydroxyl groups is 1. The number of nitrogens with one attached hydrogen (secondary N) is 2. The van der Waals surface area contributed by atoms with Crippen molar-refractivity contribution in [3.05, 3.63) is 29.8 Å². The maximum Gasteiger partial charge on any atom is 0.227 e. The molecule has 3 N–H and O–H groups in total. The fourth-order valence-corrected chi connectivity index (χ4v) is 2.42. The van der Waals surface area contributed by atoms with Crippen LogP contribution >= 0.6 is 0 Å². The van der Waals surface area contributed by atoms with Gasteiger partial charge in [0.1, 0.15) is 0 Å². The molecule has 1 aromatic rings. The third-order valence-corrected chi connectivity index (χ3v) is 3.40. The fourth-order valence-electron chi connectivity index (χ4n) is 2.42. The SMILES string of the molecule is O=C(NCCCOCCO)C1CCNc2ccccc21. The second kappa shape index (κ2) is 7.87. The first-order valence-electron chi connectivity index (χ1n) is 7.12. The summed E-state index contributed by atoms with van der Waals surface area (Å²) in [5.41, 5.74) is 2.14. The summed E-state index contributed by atoms with van der Waals surface area (Å²) in [6.07, 6.45) is 1.59. The zero-order valence-corrected chi connectivity index (χ0v) is 11.6. The smallest absolute Gasteiger partial charge is 0.227 e. The number of anilines is 1. The lowest BCUT2D eigenvalue weighted by Crippen LogP contribution is -2.33. The van der Waals surface area contributed by atoms with Crippen LogP contribution in [0.3, 0.4) is 0 Å². The highest BCUT2D eigenvalue weighted by molar-refractivity contribution is 5.86. The van der Waals surface area contributed by atoms with E-state index in [1.165, 1.54) is 0 Å². The number of hydrogen-bond acceptors (Lipinski definition) is 4. The van der Waals surface area contributed by atoms with Crippen LogP contribution in [0.2, 0.25) is 0 Å². The van der Waals surface area contributed by atoms with E-state index >= 15 is 0 Å². The highest BCUT2D eigenvalue weighted by Gasteiger charge is 2.25. The lowest BCUT2D eigenvalue weighted by molar-refractivity contribution is -0.122. The maximum absolute atomic E-state index is 12.2. The normalized spacial score (nSPS) is 17.1. The van der Waals surface area contributed by atoms with Gasteiger partial charge in [-0.05, 0) is 24.5 Å². The van der Waals surface area contributed by atoms with Gasteiger partial charge in [-0.25, -0.2) is 0 Å². The molecule has 1 heterocycles. The van der Waals surface area contributed by atoms with Gasteiger partial charge in [-0.3, -0.25) is 4.79 Å². The molecule has 0 saturated carbocycles. The lowest BCUT2D eigenvalue weighted by atomic mass is 9.90. The number of amides is 1. The van der Waals surface area contributed by atoms with Gasteiger partial charge in [0, 0.05) is 25.4 Å². The summed E-state index contributed by atoms with van der Waals surface area (Å²) in [5, 5.41) is 14.8. The van der Waals surface area contributed by atoms with Crippen molar-refractivity contribution in [2.75, 3.05) is 38.2 Å². The van der Waals surface area contributed by atoms with Crippen LogP contribution in [0.1, 0.15) is 24.3 Å². The van der Waals surface area contributed by atoms with Gasteiger partial charge in [0.05, 0.1) is 19.1 Å². The zero-order chi connectivity index (χ0) is 14.2. The van der Waals surface area contributed by atoms with Gasteiger partial charge in [0.2, 0.25) is 5.91 Å². The van der Waals surface area contributed by atoms with E-state index in [1.54, 1.807) is 0 Å². The van der Waals surface area contributed by atoms with E-state index in [1.807, 2.05) is 24.3 Å². The zero-order valence-electron chi connectivity index (χ0n) is 11.6. The molecule has 1 aromatic carbocycles. The Morgan fingerprint density at radius 1 is 1.40 bits per heavy atom. The second-order valence-electron chi connectivity index (χ2n) is 4.84. The summed E-state index contributed by atoms with van der Waals surface area (Å²) in [7, 11) is 0. The Kier molecular flexibility index (Phi) is 5.83. The molecule has 20 heavy (non-hydrogen) atoms. The molecule has 0 radical (unpaired) electrons.